The van der Waals surface area contributed by atoms with Gasteiger partial charge in [0.05, 0.1) is 17.6 Å². The molecule has 0 aromatic carbocycles. The Morgan fingerprint density at radius 2 is 1.79 bits per heavy atom. The van der Waals surface area contributed by atoms with E-state index in [0.717, 1.165) is 18.8 Å². The van der Waals surface area contributed by atoms with Gasteiger partial charge in [0.1, 0.15) is 0 Å². The molecule has 0 aliphatic heterocycles. The summed E-state index contributed by atoms with van der Waals surface area (Å²) in [5, 5.41) is 19.0. The Morgan fingerprint density at radius 1 is 1.29 bits per heavy atom. The Kier molecular flexibility index (Phi) is 3.55. The molecule has 0 amide bonds. The maximum Gasteiger partial charge on any atom is 0.0779 e. The van der Waals surface area contributed by atoms with Crippen LogP contribution in [0.3, 0.4) is 0 Å². The van der Waals surface area contributed by atoms with E-state index in [9.17, 15) is 5.11 Å². The summed E-state index contributed by atoms with van der Waals surface area (Å²) in [6.45, 7) is 5.92. The first-order chi connectivity index (χ1) is 6.47. The van der Waals surface area contributed by atoms with Crippen molar-refractivity contribution < 1.29 is 5.11 Å². The molecule has 14 heavy (non-hydrogen) atoms. The lowest BCUT2D eigenvalue weighted by Gasteiger charge is -2.35. The van der Waals surface area contributed by atoms with Crippen LogP contribution in [-0.4, -0.2) is 11.2 Å². The molecular formula is C12H21NO. The quantitative estimate of drug-likeness (QED) is 0.736. The zero-order valence-corrected chi connectivity index (χ0v) is 9.45. The molecule has 1 fully saturated rings. The summed E-state index contributed by atoms with van der Waals surface area (Å²) in [6, 6.07) is 2.20. The monoisotopic (exact) mass is 195 g/mol. The summed E-state index contributed by atoms with van der Waals surface area (Å²) in [7, 11) is 0. The molecule has 0 heterocycles. The Labute approximate surface area is 86.9 Å². The van der Waals surface area contributed by atoms with E-state index in [4.69, 9.17) is 5.26 Å². The Bertz CT molecular complexity index is 221. The summed E-state index contributed by atoms with van der Waals surface area (Å²) < 4.78 is 0. The number of rotatable bonds is 2. The van der Waals surface area contributed by atoms with Crippen LogP contribution >= 0.6 is 0 Å². The van der Waals surface area contributed by atoms with Crippen molar-refractivity contribution in [1.29, 1.82) is 5.26 Å². The number of hydrogen-bond donors (Lipinski definition) is 1. The molecule has 1 N–H and O–H groups in total. The van der Waals surface area contributed by atoms with E-state index in [1.54, 1.807) is 0 Å². The minimum absolute atomic E-state index is 0.334. The minimum atomic E-state index is -0.592. The van der Waals surface area contributed by atoms with Crippen molar-refractivity contribution in [2.75, 3.05) is 0 Å². The Balaban J connectivity index is 2.54. The maximum atomic E-state index is 10.1. The lowest BCUT2D eigenvalue weighted by Crippen LogP contribution is -2.36. The summed E-state index contributed by atoms with van der Waals surface area (Å²) in [5.74, 6) is 1.13. The van der Waals surface area contributed by atoms with Crippen molar-refractivity contribution in [2.45, 2.75) is 52.6 Å². The first-order valence-corrected chi connectivity index (χ1v) is 5.56. The topological polar surface area (TPSA) is 44.0 Å². The smallest absolute Gasteiger partial charge is 0.0779 e. The van der Waals surface area contributed by atoms with Crippen molar-refractivity contribution >= 4 is 0 Å². The molecular weight excluding hydrogens is 174 g/mol. The Morgan fingerprint density at radius 3 is 2.21 bits per heavy atom. The van der Waals surface area contributed by atoms with Crippen LogP contribution < -0.4 is 0 Å². The van der Waals surface area contributed by atoms with Crippen LogP contribution in [0.1, 0.15) is 46.5 Å². The summed E-state index contributed by atoms with van der Waals surface area (Å²) in [5.41, 5.74) is -0.592. The van der Waals surface area contributed by atoms with Gasteiger partial charge in [0.15, 0.2) is 0 Å². The second-order valence-electron chi connectivity index (χ2n) is 5.30. The molecule has 1 aliphatic rings. The average Bonchev–Trinajstić information content (AvgIpc) is 2.18. The van der Waals surface area contributed by atoms with Crippen molar-refractivity contribution in [3.8, 4) is 6.07 Å². The van der Waals surface area contributed by atoms with E-state index in [0.29, 0.717) is 5.92 Å². The van der Waals surface area contributed by atoms with Crippen LogP contribution in [0.5, 0.6) is 0 Å². The van der Waals surface area contributed by atoms with E-state index in [2.05, 4.69) is 13.0 Å². The SMILES string of the molecule is CC1CCC(C(O)C(C)(C)C#N)CC1. The van der Waals surface area contributed by atoms with E-state index in [-0.39, 0.29) is 0 Å². The van der Waals surface area contributed by atoms with Gasteiger partial charge in [0.2, 0.25) is 0 Å². The van der Waals surface area contributed by atoms with Gasteiger partial charge < -0.3 is 5.11 Å². The molecule has 0 aromatic rings. The molecule has 0 bridgehead atoms. The standard InChI is InChI=1S/C12H21NO/c1-9-4-6-10(7-5-9)11(14)12(2,3)8-13/h9-11,14H,4-7H2,1-3H3. The second kappa shape index (κ2) is 4.31. The molecule has 80 valence electrons. The van der Waals surface area contributed by atoms with Gasteiger partial charge in [-0.05, 0) is 38.5 Å². The molecule has 1 saturated carbocycles. The van der Waals surface area contributed by atoms with Crippen LogP contribution in [0.4, 0.5) is 0 Å². The second-order valence-corrected chi connectivity index (χ2v) is 5.30. The van der Waals surface area contributed by atoms with Crippen LogP contribution in [0.15, 0.2) is 0 Å². The third-order valence-electron chi connectivity index (χ3n) is 3.53. The summed E-state index contributed by atoms with van der Waals surface area (Å²) >= 11 is 0. The molecule has 0 aromatic heterocycles. The lowest BCUT2D eigenvalue weighted by atomic mass is 9.72. The third-order valence-corrected chi connectivity index (χ3v) is 3.53. The van der Waals surface area contributed by atoms with Gasteiger partial charge in [-0.1, -0.05) is 19.8 Å². The van der Waals surface area contributed by atoms with Gasteiger partial charge in [-0.15, -0.1) is 0 Å². The van der Waals surface area contributed by atoms with E-state index < -0.39 is 11.5 Å². The summed E-state index contributed by atoms with van der Waals surface area (Å²) in [6.07, 6.45) is 4.09. The van der Waals surface area contributed by atoms with Gasteiger partial charge in [-0.25, -0.2) is 0 Å². The fraction of sp³-hybridized carbons (Fsp3) is 0.917. The van der Waals surface area contributed by atoms with Crippen molar-refractivity contribution in [3.63, 3.8) is 0 Å². The van der Waals surface area contributed by atoms with Crippen LogP contribution in [0.2, 0.25) is 0 Å². The fourth-order valence-electron chi connectivity index (χ4n) is 2.26. The minimum Gasteiger partial charge on any atom is -0.391 e. The number of hydrogen-bond acceptors (Lipinski definition) is 2. The highest BCUT2D eigenvalue weighted by Crippen LogP contribution is 2.36. The van der Waals surface area contributed by atoms with Gasteiger partial charge in [0, 0.05) is 0 Å². The zero-order valence-electron chi connectivity index (χ0n) is 9.45. The number of nitrogens with zero attached hydrogens (tertiary/aromatic N) is 1. The number of aliphatic hydroxyl groups excluding tert-OH is 1. The van der Waals surface area contributed by atoms with Gasteiger partial charge >= 0.3 is 0 Å². The maximum absolute atomic E-state index is 10.1. The highest BCUT2D eigenvalue weighted by Gasteiger charge is 2.35. The molecule has 0 saturated heterocycles. The van der Waals surface area contributed by atoms with E-state index in [1.165, 1.54) is 12.8 Å². The summed E-state index contributed by atoms with van der Waals surface area (Å²) in [4.78, 5) is 0. The number of aliphatic hydroxyl groups is 1. The van der Waals surface area contributed by atoms with Gasteiger partial charge in [0.25, 0.3) is 0 Å². The van der Waals surface area contributed by atoms with Crippen molar-refractivity contribution in [2.24, 2.45) is 17.3 Å². The first-order valence-electron chi connectivity index (χ1n) is 5.56. The van der Waals surface area contributed by atoms with Crippen LogP contribution in [0.25, 0.3) is 0 Å². The molecule has 1 aliphatic carbocycles. The van der Waals surface area contributed by atoms with Crippen LogP contribution in [-0.2, 0) is 0 Å². The first kappa shape index (κ1) is 11.5. The molecule has 1 unspecified atom stereocenters. The molecule has 2 heteroatoms. The largest absolute Gasteiger partial charge is 0.391 e. The van der Waals surface area contributed by atoms with Gasteiger partial charge in [-0.3, -0.25) is 0 Å². The average molecular weight is 195 g/mol. The molecule has 0 spiro atoms. The van der Waals surface area contributed by atoms with E-state index in [1.807, 2.05) is 13.8 Å². The predicted octanol–water partition coefficient (Wildman–Crippen LogP) is 2.72. The van der Waals surface area contributed by atoms with Crippen LogP contribution in [0, 0.1) is 28.6 Å². The highest BCUT2D eigenvalue weighted by atomic mass is 16.3. The molecule has 2 nitrogen and oxygen atoms in total. The highest BCUT2D eigenvalue weighted by molar-refractivity contribution is 4.99. The molecule has 0 radical (unpaired) electrons. The third kappa shape index (κ3) is 2.48. The van der Waals surface area contributed by atoms with Crippen molar-refractivity contribution in [1.82, 2.24) is 0 Å². The Hall–Kier alpha value is -0.550. The predicted molar refractivity (Wildman–Crippen MR) is 56.5 cm³/mol. The fourth-order valence-corrected chi connectivity index (χ4v) is 2.26. The molecule has 1 atom stereocenters. The van der Waals surface area contributed by atoms with E-state index >= 15 is 0 Å². The zero-order chi connectivity index (χ0) is 10.8. The normalized spacial score (nSPS) is 30.8. The molecule has 1 rings (SSSR count). The van der Waals surface area contributed by atoms with Crippen molar-refractivity contribution in [3.05, 3.63) is 0 Å². The van der Waals surface area contributed by atoms with Gasteiger partial charge in [-0.2, -0.15) is 5.26 Å². The number of nitriles is 1. The lowest BCUT2D eigenvalue weighted by molar-refractivity contribution is 0.0107.